The van der Waals surface area contributed by atoms with Crippen molar-refractivity contribution in [1.29, 1.82) is 0 Å². The third-order valence-corrected chi connectivity index (χ3v) is 5.44. The Hall–Kier alpha value is -2.44. The van der Waals surface area contributed by atoms with E-state index < -0.39 is 0 Å². The minimum Gasteiger partial charge on any atom is -0.339 e. The number of piperidine rings is 2. The van der Waals surface area contributed by atoms with Gasteiger partial charge in [-0.25, -0.2) is 0 Å². The number of likely N-dealkylation sites (tertiary alicyclic amines) is 1. The van der Waals surface area contributed by atoms with E-state index in [0.29, 0.717) is 30.2 Å². The predicted molar refractivity (Wildman–Crippen MR) is 99.0 cm³/mol. The van der Waals surface area contributed by atoms with Crippen LogP contribution in [-0.2, 0) is 4.79 Å². The average molecular weight is 354 g/mol. The van der Waals surface area contributed by atoms with Crippen LogP contribution < -0.4 is 4.90 Å². The van der Waals surface area contributed by atoms with Crippen LogP contribution in [0.5, 0.6) is 0 Å². The highest BCUT2D eigenvalue weighted by atomic mass is 16.2. The van der Waals surface area contributed by atoms with Crippen molar-refractivity contribution in [3.8, 4) is 5.69 Å². The summed E-state index contributed by atoms with van der Waals surface area (Å²) in [6.07, 6.45) is 2.59. The second kappa shape index (κ2) is 7.05. The first-order chi connectivity index (χ1) is 12.6. The lowest BCUT2D eigenvalue weighted by Gasteiger charge is -2.47. The molecule has 1 amide bonds. The van der Waals surface area contributed by atoms with Gasteiger partial charge in [0.25, 0.3) is 0 Å². The van der Waals surface area contributed by atoms with E-state index in [1.807, 2.05) is 30.3 Å². The van der Waals surface area contributed by atoms with E-state index in [0.717, 1.165) is 44.1 Å². The van der Waals surface area contributed by atoms with Gasteiger partial charge in [0.15, 0.2) is 0 Å². The predicted octanol–water partition coefficient (Wildman–Crippen LogP) is 2.14. The number of carbonyl (C=O) groups is 1. The van der Waals surface area contributed by atoms with Crippen LogP contribution in [0.4, 0.5) is 5.95 Å². The summed E-state index contributed by atoms with van der Waals surface area (Å²) < 4.78 is 1.81. The standard InChI is InChI=1S/C19H26N6O/c1-14(2)12-24-17-10-11-23(13-15(17)8-9-18(24)26)19-20-21-22-25(19)16-6-4-3-5-7-16/h3-7,14-15,17H,8-13H2,1-2H3. The summed E-state index contributed by atoms with van der Waals surface area (Å²) in [4.78, 5) is 16.8. The second-order valence-electron chi connectivity index (χ2n) is 7.77. The molecule has 26 heavy (non-hydrogen) atoms. The zero-order valence-corrected chi connectivity index (χ0v) is 15.5. The molecule has 0 N–H and O–H groups in total. The summed E-state index contributed by atoms with van der Waals surface area (Å²) in [7, 11) is 0. The van der Waals surface area contributed by atoms with Crippen LogP contribution in [0.3, 0.4) is 0 Å². The van der Waals surface area contributed by atoms with Crippen LogP contribution in [0.2, 0.25) is 0 Å². The number of benzene rings is 1. The maximum absolute atomic E-state index is 12.4. The van der Waals surface area contributed by atoms with Gasteiger partial charge in [0, 0.05) is 32.1 Å². The lowest BCUT2D eigenvalue weighted by Crippen LogP contribution is -2.57. The number of amides is 1. The van der Waals surface area contributed by atoms with Crippen molar-refractivity contribution in [2.75, 3.05) is 24.5 Å². The first-order valence-corrected chi connectivity index (χ1v) is 9.51. The Balaban J connectivity index is 1.53. The monoisotopic (exact) mass is 354 g/mol. The van der Waals surface area contributed by atoms with Gasteiger partial charge in [0.2, 0.25) is 11.9 Å². The molecule has 0 spiro atoms. The molecule has 0 saturated carbocycles. The highest BCUT2D eigenvalue weighted by Gasteiger charge is 2.40. The first kappa shape index (κ1) is 17.0. The highest BCUT2D eigenvalue weighted by Crippen LogP contribution is 2.33. The van der Waals surface area contributed by atoms with Crippen molar-refractivity contribution in [2.24, 2.45) is 11.8 Å². The number of anilines is 1. The van der Waals surface area contributed by atoms with Gasteiger partial charge in [-0.15, -0.1) is 0 Å². The molecule has 2 atom stereocenters. The molecule has 138 valence electrons. The Morgan fingerprint density at radius 3 is 2.77 bits per heavy atom. The third-order valence-electron chi connectivity index (χ3n) is 5.44. The van der Waals surface area contributed by atoms with Gasteiger partial charge in [-0.1, -0.05) is 37.1 Å². The number of carbonyl (C=O) groups excluding carboxylic acids is 1. The zero-order chi connectivity index (χ0) is 18.1. The molecule has 1 aromatic carbocycles. The van der Waals surface area contributed by atoms with Gasteiger partial charge < -0.3 is 9.80 Å². The molecule has 4 rings (SSSR count). The molecular weight excluding hydrogens is 328 g/mol. The number of tetrazole rings is 1. The summed E-state index contributed by atoms with van der Waals surface area (Å²) in [6, 6.07) is 10.3. The van der Waals surface area contributed by atoms with Crippen LogP contribution >= 0.6 is 0 Å². The normalized spacial score (nSPS) is 23.4. The first-order valence-electron chi connectivity index (χ1n) is 9.51. The van der Waals surface area contributed by atoms with Crippen LogP contribution in [0.25, 0.3) is 5.69 Å². The Labute approximate surface area is 154 Å². The molecule has 0 bridgehead atoms. The SMILES string of the molecule is CC(C)CN1C(=O)CCC2CN(c3nnnn3-c3ccccc3)CCC21. The average Bonchev–Trinajstić information content (AvgIpc) is 3.14. The van der Waals surface area contributed by atoms with E-state index >= 15 is 0 Å². The maximum Gasteiger partial charge on any atom is 0.250 e. The summed E-state index contributed by atoms with van der Waals surface area (Å²) in [5, 5.41) is 12.4. The minimum atomic E-state index is 0.322. The number of aromatic nitrogens is 4. The van der Waals surface area contributed by atoms with E-state index in [1.165, 1.54) is 0 Å². The van der Waals surface area contributed by atoms with Gasteiger partial charge in [0.1, 0.15) is 0 Å². The molecule has 7 nitrogen and oxygen atoms in total. The van der Waals surface area contributed by atoms with Crippen LogP contribution in [-0.4, -0.2) is 56.7 Å². The smallest absolute Gasteiger partial charge is 0.250 e. The van der Waals surface area contributed by atoms with E-state index in [9.17, 15) is 4.79 Å². The van der Waals surface area contributed by atoms with Gasteiger partial charge >= 0.3 is 0 Å². The molecule has 0 radical (unpaired) electrons. The largest absolute Gasteiger partial charge is 0.339 e. The quantitative estimate of drug-likeness (QED) is 0.841. The summed E-state index contributed by atoms with van der Waals surface area (Å²) >= 11 is 0. The number of para-hydroxylation sites is 1. The Morgan fingerprint density at radius 2 is 2.00 bits per heavy atom. The molecule has 0 aliphatic carbocycles. The Morgan fingerprint density at radius 1 is 1.19 bits per heavy atom. The number of fused-ring (bicyclic) bond motifs is 1. The number of hydrogen-bond donors (Lipinski definition) is 0. The van der Waals surface area contributed by atoms with Crippen LogP contribution in [0.15, 0.2) is 30.3 Å². The van der Waals surface area contributed by atoms with Gasteiger partial charge in [-0.05, 0) is 47.2 Å². The molecule has 2 fully saturated rings. The lowest BCUT2D eigenvalue weighted by atomic mass is 9.83. The maximum atomic E-state index is 12.4. The van der Waals surface area contributed by atoms with E-state index in [2.05, 4.69) is 39.2 Å². The Bertz CT molecular complexity index is 758. The van der Waals surface area contributed by atoms with Crippen molar-refractivity contribution < 1.29 is 4.79 Å². The summed E-state index contributed by atoms with van der Waals surface area (Å²) in [5.74, 6) is 2.10. The molecule has 2 aromatic rings. The number of hydrogen-bond acceptors (Lipinski definition) is 5. The molecule has 2 saturated heterocycles. The lowest BCUT2D eigenvalue weighted by molar-refractivity contribution is -0.140. The van der Waals surface area contributed by atoms with Gasteiger partial charge in [-0.2, -0.15) is 4.68 Å². The second-order valence-corrected chi connectivity index (χ2v) is 7.77. The van der Waals surface area contributed by atoms with Crippen molar-refractivity contribution in [1.82, 2.24) is 25.1 Å². The fraction of sp³-hybridized carbons (Fsp3) is 0.579. The molecular formula is C19H26N6O. The van der Waals surface area contributed by atoms with Crippen molar-refractivity contribution in [3.63, 3.8) is 0 Å². The van der Waals surface area contributed by atoms with E-state index in [-0.39, 0.29) is 0 Å². The van der Waals surface area contributed by atoms with Crippen molar-refractivity contribution in [2.45, 2.75) is 39.2 Å². The third kappa shape index (κ3) is 3.18. The summed E-state index contributed by atoms with van der Waals surface area (Å²) in [5.41, 5.74) is 0.967. The fourth-order valence-corrected chi connectivity index (χ4v) is 4.28. The minimum absolute atomic E-state index is 0.322. The molecule has 2 unspecified atom stereocenters. The molecule has 1 aromatic heterocycles. The Kier molecular flexibility index (Phi) is 4.61. The molecule has 2 aliphatic heterocycles. The fourth-order valence-electron chi connectivity index (χ4n) is 4.28. The highest BCUT2D eigenvalue weighted by molar-refractivity contribution is 5.77. The van der Waals surface area contributed by atoms with E-state index in [4.69, 9.17) is 0 Å². The number of rotatable bonds is 4. The zero-order valence-electron chi connectivity index (χ0n) is 15.5. The van der Waals surface area contributed by atoms with Gasteiger partial charge in [-0.3, -0.25) is 4.79 Å². The molecule has 7 heteroatoms. The van der Waals surface area contributed by atoms with Gasteiger partial charge in [0.05, 0.1) is 5.69 Å². The molecule has 3 heterocycles. The molecule has 2 aliphatic rings. The number of nitrogens with zero attached hydrogens (tertiary/aromatic N) is 6. The summed E-state index contributed by atoms with van der Waals surface area (Å²) in [6.45, 7) is 7.00. The van der Waals surface area contributed by atoms with Crippen molar-refractivity contribution >= 4 is 11.9 Å². The topological polar surface area (TPSA) is 67.2 Å². The van der Waals surface area contributed by atoms with Crippen LogP contribution in [0.1, 0.15) is 33.1 Å². The van der Waals surface area contributed by atoms with Crippen molar-refractivity contribution in [3.05, 3.63) is 30.3 Å². The van der Waals surface area contributed by atoms with E-state index in [1.54, 1.807) is 4.68 Å². The van der Waals surface area contributed by atoms with Crippen LogP contribution in [0, 0.1) is 11.8 Å².